The molecule has 0 radical (unpaired) electrons. The van der Waals surface area contributed by atoms with Gasteiger partial charge in [0.1, 0.15) is 17.1 Å². The Morgan fingerprint density at radius 3 is 2.95 bits per heavy atom. The lowest BCUT2D eigenvalue weighted by molar-refractivity contribution is 0.0697. The van der Waals surface area contributed by atoms with Crippen LogP contribution >= 0.6 is 0 Å². The number of nitrogens with two attached hydrogens (primary N) is 1. The fourth-order valence-corrected chi connectivity index (χ4v) is 2.19. The molecule has 6 heteroatoms. The number of nitrogen functional groups attached to an aromatic ring is 1. The molecule has 1 fully saturated rings. The molecule has 0 aliphatic heterocycles. The first-order valence-corrected chi connectivity index (χ1v) is 6.43. The molecule has 0 aromatic carbocycles. The highest BCUT2D eigenvalue weighted by Crippen LogP contribution is 2.34. The molecule has 6 nitrogen and oxygen atoms in total. The zero-order valence-corrected chi connectivity index (χ0v) is 10.8. The number of carbonyl (C=O) groups is 1. The number of aromatic nitrogens is 1. The number of rotatable bonds is 5. The van der Waals surface area contributed by atoms with Gasteiger partial charge in [-0.1, -0.05) is 0 Å². The maximum Gasteiger partial charge on any atom is 0.339 e. The van der Waals surface area contributed by atoms with Crippen molar-refractivity contribution in [3.05, 3.63) is 42.0 Å². The summed E-state index contributed by atoms with van der Waals surface area (Å²) in [4.78, 5) is 17.6. The van der Waals surface area contributed by atoms with E-state index in [1.807, 2.05) is 17.0 Å². The summed E-state index contributed by atoms with van der Waals surface area (Å²) in [6.07, 6.45) is 5.16. The van der Waals surface area contributed by atoms with Crippen LogP contribution in [0.25, 0.3) is 0 Å². The molecule has 1 aliphatic carbocycles. The Morgan fingerprint density at radius 2 is 2.35 bits per heavy atom. The zero-order valence-electron chi connectivity index (χ0n) is 10.8. The third kappa shape index (κ3) is 2.45. The molecule has 2 aromatic heterocycles. The summed E-state index contributed by atoms with van der Waals surface area (Å²) < 4.78 is 5.35. The highest BCUT2D eigenvalue weighted by molar-refractivity contribution is 5.94. The third-order valence-corrected chi connectivity index (χ3v) is 3.28. The van der Waals surface area contributed by atoms with Crippen LogP contribution in [-0.4, -0.2) is 22.1 Å². The Morgan fingerprint density at radius 1 is 1.55 bits per heavy atom. The number of pyridine rings is 1. The van der Waals surface area contributed by atoms with Crippen LogP contribution in [0.4, 0.5) is 11.5 Å². The van der Waals surface area contributed by atoms with E-state index in [0.717, 1.165) is 18.6 Å². The normalized spacial score (nSPS) is 14.2. The predicted octanol–water partition coefficient (Wildman–Crippen LogP) is 2.12. The number of aromatic carboxylic acids is 1. The van der Waals surface area contributed by atoms with Crippen LogP contribution in [0.5, 0.6) is 0 Å². The average Bonchev–Trinajstić information content (AvgIpc) is 3.13. The lowest BCUT2D eigenvalue weighted by atomic mass is 10.2. The molecule has 104 valence electrons. The Labute approximate surface area is 115 Å². The summed E-state index contributed by atoms with van der Waals surface area (Å²) in [6.45, 7) is 0.509. The van der Waals surface area contributed by atoms with Crippen molar-refractivity contribution in [3.8, 4) is 0 Å². The highest BCUT2D eigenvalue weighted by Gasteiger charge is 2.33. The van der Waals surface area contributed by atoms with E-state index >= 15 is 0 Å². The molecule has 0 unspecified atom stereocenters. The van der Waals surface area contributed by atoms with Gasteiger partial charge in [-0.3, -0.25) is 0 Å². The molecule has 2 heterocycles. The van der Waals surface area contributed by atoms with Crippen LogP contribution in [0.1, 0.15) is 29.0 Å². The van der Waals surface area contributed by atoms with Crippen molar-refractivity contribution in [1.29, 1.82) is 0 Å². The lowest BCUT2D eigenvalue weighted by Crippen LogP contribution is -2.28. The quantitative estimate of drug-likeness (QED) is 0.866. The lowest BCUT2D eigenvalue weighted by Gasteiger charge is -2.24. The van der Waals surface area contributed by atoms with Gasteiger partial charge in [0.05, 0.1) is 24.7 Å². The van der Waals surface area contributed by atoms with Crippen LogP contribution in [0.15, 0.2) is 35.1 Å². The summed E-state index contributed by atoms with van der Waals surface area (Å²) in [6, 6.07) is 5.44. The minimum absolute atomic E-state index is 0.128. The number of hydrogen-bond acceptors (Lipinski definition) is 5. The number of furan rings is 1. The van der Waals surface area contributed by atoms with E-state index in [0.29, 0.717) is 24.1 Å². The van der Waals surface area contributed by atoms with Crippen LogP contribution in [0.2, 0.25) is 0 Å². The van der Waals surface area contributed by atoms with E-state index < -0.39 is 5.97 Å². The number of anilines is 2. The van der Waals surface area contributed by atoms with Gasteiger partial charge in [0, 0.05) is 6.04 Å². The first-order chi connectivity index (χ1) is 9.65. The van der Waals surface area contributed by atoms with Crippen molar-refractivity contribution in [1.82, 2.24) is 4.98 Å². The van der Waals surface area contributed by atoms with Crippen molar-refractivity contribution >= 4 is 17.5 Å². The van der Waals surface area contributed by atoms with Gasteiger partial charge >= 0.3 is 5.97 Å². The number of nitrogens with zero attached hydrogens (tertiary/aromatic N) is 2. The molecule has 1 saturated carbocycles. The van der Waals surface area contributed by atoms with Gasteiger partial charge < -0.3 is 20.2 Å². The number of hydrogen-bond donors (Lipinski definition) is 2. The second-order valence-corrected chi connectivity index (χ2v) is 4.88. The fourth-order valence-electron chi connectivity index (χ4n) is 2.19. The molecule has 2 aromatic rings. The Balaban J connectivity index is 1.97. The maximum atomic E-state index is 11.4. The fraction of sp³-hybridized carbons (Fsp3) is 0.286. The summed E-state index contributed by atoms with van der Waals surface area (Å²) >= 11 is 0. The minimum atomic E-state index is -1.02. The van der Waals surface area contributed by atoms with Crippen molar-refractivity contribution < 1.29 is 14.3 Å². The molecule has 3 rings (SSSR count). The van der Waals surface area contributed by atoms with E-state index in [9.17, 15) is 9.90 Å². The van der Waals surface area contributed by atoms with Crippen molar-refractivity contribution in [2.75, 3.05) is 10.6 Å². The number of carboxylic acid groups (broad SMARTS) is 1. The van der Waals surface area contributed by atoms with Gasteiger partial charge in [0.25, 0.3) is 0 Å². The van der Waals surface area contributed by atoms with E-state index in [-0.39, 0.29) is 5.56 Å². The third-order valence-electron chi connectivity index (χ3n) is 3.28. The first kappa shape index (κ1) is 12.5. The Kier molecular flexibility index (Phi) is 3.06. The molecular formula is C14H15N3O3. The highest BCUT2D eigenvalue weighted by atomic mass is 16.4. The van der Waals surface area contributed by atoms with E-state index in [1.54, 1.807) is 6.26 Å². The minimum Gasteiger partial charge on any atom is -0.478 e. The largest absolute Gasteiger partial charge is 0.478 e. The Hall–Kier alpha value is -2.50. The van der Waals surface area contributed by atoms with E-state index in [1.165, 1.54) is 12.3 Å². The molecule has 0 saturated heterocycles. The van der Waals surface area contributed by atoms with E-state index in [4.69, 9.17) is 10.2 Å². The monoisotopic (exact) mass is 273 g/mol. The van der Waals surface area contributed by atoms with Gasteiger partial charge in [0.15, 0.2) is 0 Å². The predicted molar refractivity (Wildman–Crippen MR) is 73.5 cm³/mol. The van der Waals surface area contributed by atoms with Gasteiger partial charge in [-0.2, -0.15) is 0 Å². The van der Waals surface area contributed by atoms with E-state index in [2.05, 4.69) is 4.98 Å². The van der Waals surface area contributed by atoms with Crippen molar-refractivity contribution in [3.63, 3.8) is 0 Å². The summed E-state index contributed by atoms with van der Waals surface area (Å²) in [7, 11) is 0. The molecule has 3 N–H and O–H groups in total. The summed E-state index contributed by atoms with van der Waals surface area (Å²) in [5, 5.41) is 9.32. The van der Waals surface area contributed by atoms with Gasteiger partial charge in [-0.25, -0.2) is 9.78 Å². The zero-order chi connectivity index (χ0) is 14.1. The van der Waals surface area contributed by atoms with Crippen LogP contribution in [-0.2, 0) is 6.54 Å². The molecule has 0 amide bonds. The Bertz CT molecular complexity index is 621. The summed E-state index contributed by atoms with van der Waals surface area (Å²) in [5.74, 6) is 0.211. The van der Waals surface area contributed by atoms with Crippen LogP contribution < -0.4 is 10.6 Å². The van der Waals surface area contributed by atoms with Crippen molar-refractivity contribution in [2.45, 2.75) is 25.4 Å². The van der Waals surface area contributed by atoms with Gasteiger partial charge in [0.2, 0.25) is 0 Å². The second kappa shape index (κ2) is 4.88. The molecule has 1 aliphatic rings. The average molecular weight is 273 g/mol. The van der Waals surface area contributed by atoms with Gasteiger partial charge in [-0.05, 0) is 31.0 Å². The molecule has 0 spiro atoms. The second-order valence-electron chi connectivity index (χ2n) is 4.88. The van der Waals surface area contributed by atoms with Crippen LogP contribution in [0, 0.1) is 0 Å². The van der Waals surface area contributed by atoms with Crippen molar-refractivity contribution in [2.24, 2.45) is 0 Å². The topological polar surface area (TPSA) is 92.6 Å². The number of carboxylic acids is 1. The SMILES string of the molecule is Nc1cnc(N(Cc2ccco2)C2CC2)c(C(=O)O)c1. The van der Waals surface area contributed by atoms with Gasteiger partial charge in [-0.15, -0.1) is 0 Å². The maximum absolute atomic E-state index is 11.4. The first-order valence-electron chi connectivity index (χ1n) is 6.43. The standard InChI is InChI=1S/C14H15N3O3/c15-9-6-12(14(18)19)13(16-7-9)17(10-3-4-10)8-11-2-1-5-20-11/h1-2,5-7,10H,3-4,8,15H2,(H,18,19). The molecule has 0 bridgehead atoms. The molecule has 20 heavy (non-hydrogen) atoms. The van der Waals surface area contributed by atoms with Crippen LogP contribution in [0.3, 0.4) is 0 Å². The smallest absolute Gasteiger partial charge is 0.339 e. The molecular weight excluding hydrogens is 258 g/mol. The summed E-state index contributed by atoms with van der Waals surface area (Å²) in [5.41, 5.74) is 6.11. The molecule has 0 atom stereocenters.